The molecule has 2 aliphatic heterocycles. The largest absolute Gasteiger partial charge is 0.493 e. The van der Waals surface area contributed by atoms with E-state index in [2.05, 4.69) is 5.32 Å². The normalized spacial score (nSPS) is 20.0. The standard InChI is InChI=1S/C24H24N2O7/c1-24(2)9-15-23(17(27)10-24)22(12-5-18(30-3)19(31-4)7-14(12)25-15)13-6-20-21(33-11-32-20)8-16(13)26(28)29/h5-8,22,25H,9-11H2,1-4H3. The molecule has 1 N–H and O–H groups in total. The van der Waals surface area contributed by atoms with E-state index in [0.717, 1.165) is 5.70 Å². The molecule has 33 heavy (non-hydrogen) atoms. The predicted octanol–water partition coefficient (Wildman–Crippen LogP) is 4.54. The van der Waals surface area contributed by atoms with Crippen molar-refractivity contribution in [3.8, 4) is 23.0 Å². The van der Waals surface area contributed by atoms with E-state index in [1.165, 1.54) is 13.2 Å². The van der Waals surface area contributed by atoms with Gasteiger partial charge >= 0.3 is 0 Å². The summed E-state index contributed by atoms with van der Waals surface area (Å²) >= 11 is 0. The number of carbonyl (C=O) groups is 1. The molecule has 9 heteroatoms. The monoisotopic (exact) mass is 452 g/mol. The van der Waals surface area contributed by atoms with Gasteiger partial charge in [0.15, 0.2) is 28.8 Å². The van der Waals surface area contributed by atoms with Crippen LogP contribution in [-0.2, 0) is 4.79 Å². The Labute approximate surface area is 190 Å². The fourth-order valence-corrected chi connectivity index (χ4v) is 5.00. The molecule has 1 unspecified atom stereocenters. The van der Waals surface area contributed by atoms with Gasteiger partial charge in [-0.2, -0.15) is 0 Å². The lowest BCUT2D eigenvalue weighted by atomic mass is 9.68. The van der Waals surface area contributed by atoms with Crippen molar-refractivity contribution in [2.45, 2.75) is 32.6 Å². The Morgan fingerprint density at radius 3 is 2.36 bits per heavy atom. The van der Waals surface area contributed by atoms with Gasteiger partial charge in [-0.3, -0.25) is 14.9 Å². The number of nitrogens with one attached hydrogen (secondary N) is 1. The number of allylic oxidation sites excluding steroid dienone is 2. The summed E-state index contributed by atoms with van der Waals surface area (Å²) in [5, 5.41) is 15.5. The zero-order valence-electron chi connectivity index (χ0n) is 18.8. The Morgan fingerprint density at radius 1 is 1.03 bits per heavy atom. The zero-order chi connectivity index (χ0) is 23.5. The average Bonchev–Trinajstić information content (AvgIpc) is 3.22. The number of anilines is 1. The van der Waals surface area contributed by atoms with E-state index < -0.39 is 10.8 Å². The first-order valence-electron chi connectivity index (χ1n) is 10.6. The van der Waals surface area contributed by atoms with Crippen molar-refractivity contribution in [1.82, 2.24) is 0 Å². The summed E-state index contributed by atoms with van der Waals surface area (Å²) in [5.74, 6) is 1.02. The molecular weight excluding hydrogens is 428 g/mol. The lowest BCUT2D eigenvalue weighted by Gasteiger charge is -2.39. The van der Waals surface area contributed by atoms with Crippen molar-refractivity contribution < 1.29 is 28.7 Å². The quantitative estimate of drug-likeness (QED) is 0.532. The highest BCUT2D eigenvalue weighted by Gasteiger charge is 2.43. The van der Waals surface area contributed by atoms with Crippen molar-refractivity contribution >= 4 is 17.2 Å². The first-order valence-corrected chi connectivity index (χ1v) is 10.6. The number of Topliss-reactive ketones (excluding diaryl/α,β-unsaturated/α-hetero) is 1. The minimum Gasteiger partial charge on any atom is -0.493 e. The van der Waals surface area contributed by atoms with Gasteiger partial charge in [0, 0.05) is 40.9 Å². The Hall–Kier alpha value is -3.75. The summed E-state index contributed by atoms with van der Waals surface area (Å²) in [5.41, 5.74) is 2.73. The molecule has 0 bridgehead atoms. The fourth-order valence-electron chi connectivity index (χ4n) is 5.00. The number of benzene rings is 2. The van der Waals surface area contributed by atoms with Gasteiger partial charge in [-0.05, 0) is 29.5 Å². The second kappa shape index (κ2) is 7.40. The molecule has 0 aromatic heterocycles. The molecule has 2 aromatic rings. The average molecular weight is 452 g/mol. The van der Waals surface area contributed by atoms with Crippen LogP contribution in [0.3, 0.4) is 0 Å². The van der Waals surface area contributed by atoms with Gasteiger partial charge in [0.05, 0.1) is 25.2 Å². The smallest absolute Gasteiger partial charge is 0.277 e. The number of hydrogen-bond acceptors (Lipinski definition) is 8. The number of nitro benzene ring substituents is 1. The predicted molar refractivity (Wildman–Crippen MR) is 119 cm³/mol. The number of hydrogen-bond donors (Lipinski definition) is 1. The van der Waals surface area contributed by atoms with E-state index in [-0.39, 0.29) is 23.7 Å². The van der Waals surface area contributed by atoms with Gasteiger partial charge < -0.3 is 24.3 Å². The second-order valence-corrected chi connectivity index (χ2v) is 9.21. The molecule has 0 saturated heterocycles. The van der Waals surface area contributed by atoms with Crippen LogP contribution in [0.15, 0.2) is 35.5 Å². The molecule has 5 rings (SSSR count). The van der Waals surface area contributed by atoms with Gasteiger partial charge in [0.25, 0.3) is 5.69 Å². The molecular formula is C24H24N2O7. The van der Waals surface area contributed by atoms with E-state index in [9.17, 15) is 14.9 Å². The maximum atomic E-state index is 13.5. The third kappa shape index (κ3) is 3.35. The maximum absolute atomic E-state index is 13.5. The topological polar surface area (TPSA) is 109 Å². The molecule has 0 amide bonds. The van der Waals surface area contributed by atoms with E-state index in [1.807, 2.05) is 13.8 Å². The zero-order valence-corrected chi connectivity index (χ0v) is 18.8. The molecule has 172 valence electrons. The van der Waals surface area contributed by atoms with Gasteiger partial charge in [-0.1, -0.05) is 13.8 Å². The summed E-state index contributed by atoms with van der Waals surface area (Å²) in [6, 6.07) is 6.57. The van der Waals surface area contributed by atoms with Gasteiger partial charge in [0.1, 0.15) is 0 Å². The summed E-state index contributed by atoms with van der Waals surface area (Å²) in [4.78, 5) is 25.1. The molecule has 0 saturated carbocycles. The first-order chi connectivity index (χ1) is 15.7. The van der Waals surface area contributed by atoms with E-state index in [0.29, 0.717) is 58.2 Å². The van der Waals surface area contributed by atoms with Crippen LogP contribution in [0.4, 0.5) is 11.4 Å². The third-order valence-electron chi connectivity index (χ3n) is 6.39. The van der Waals surface area contributed by atoms with Crippen LogP contribution in [0.5, 0.6) is 23.0 Å². The minimum absolute atomic E-state index is 0.00909. The van der Waals surface area contributed by atoms with Crippen molar-refractivity contribution in [3.63, 3.8) is 0 Å². The van der Waals surface area contributed by atoms with Crippen LogP contribution in [0.2, 0.25) is 0 Å². The highest BCUT2D eigenvalue weighted by molar-refractivity contribution is 6.02. The number of ether oxygens (including phenoxy) is 4. The van der Waals surface area contributed by atoms with E-state index in [1.54, 1.807) is 25.3 Å². The number of nitro groups is 1. The number of carbonyl (C=O) groups excluding carboxylic acids is 1. The van der Waals surface area contributed by atoms with Crippen LogP contribution in [-0.4, -0.2) is 31.7 Å². The second-order valence-electron chi connectivity index (χ2n) is 9.21. The van der Waals surface area contributed by atoms with Gasteiger partial charge in [-0.15, -0.1) is 0 Å². The molecule has 1 aliphatic carbocycles. The third-order valence-corrected chi connectivity index (χ3v) is 6.39. The van der Waals surface area contributed by atoms with Crippen molar-refractivity contribution in [2.75, 3.05) is 26.3 Å². The molecule has 2 aromatic carbocycles. The molecule has 1 atom stereocenters. The Kier molecular flexibility index (Phi) is 4.73. The summed E-state index contributed by atoms with van der Waals surface area (Å²) < 4.78 is 21.9. The Morgan fingerprint density at radius 2 is 1.70 bits per heavy atom. The van der Waals surface area contributed by atoms with E-state index >= 15 is 0 Å². The number of rotatable bonds is 4. The molecule has 0 radical (unpaired) electrons. The van der Waals surface area contributed by atoms with Crippen LogP contribution in [0, 0.1) is 15.5 Å². The maximum Gasteiger partial charge on any atom is 0.277 e. The summed E-state index contributed by atoms with van der Waals surface area (Å²) in [6.45, 7) is 4.07. The SMILES string of the molecule is COc1cc2c(cc1OC)C(c1cc3c(cc1[N+](=O)[O-])OCO3)C1=C(CC(C)(C)CC1=O)N2. The Bertz CT molecular complexity index is 1230. The lowest BCUT2D eigenvalue weighted by Crippen LogP contribution is -2.34. The molecule has 0 fully saturated rings. The summed E-state index contributed by atoms with van der Waals surface area (Å²) in [7, 11) is 3.07. The number of nitrogens with zero attached hydrogens (tertiary/aromatic N) is 1. The minimum atomic E-state index is -0.672. The first kappa shape index (κ1) is 21.1. The highest BCUT2D eigenvalue weighted by atomic mass is 16.7. The van der Waals surface area contributed by atoms with Crippen LogP contribution >= 0.6 is 0 Å². The number of ketones is 1. The lowest BCUT2D eigenvalue weighted by molar-refractivity contribution is -0.385. The van der Waals surface area contributed by atoms with Crippen molar-refractivity contribution in [1.29, 1.82) is 0 Å². The van der Waals surface area contributed by atoms with Gasteiger partial charge in [-0.25, -0.2) is 0 Å². The highest BCUT2D eigenvalue weighted by Crippen LogP contribution is 2.54. The molecule has 0 spiro atoms. The number of fused-ring (bicyclic) bond motifs is 2. The van der Waals surface area contributed by atoms with Crippen LogP contribution < -0.4 is 24.3 Å². The van der Waals surface area contributed by atoms with Crippen LogP contribution in [0.25, 0.3) is 0 Å². The molecule has 3 aliphatic rings. The Balaban J connectivity index is 1.80. The van der Waals surface area contributed by atoms with Crippen LogP contribution in [0.1, 0.15) is 43.7 Å². The summed E-state index contributed by atoms with van der Waals surface area (Å²) in [6.07, 6.45) is 0.988. The van der Waals surface area contributed by atoms with Crippen molar-refractivity contribution in [3.05, 3.63) is 56.8 Å². The molecule has 9 nitrogen and oxygen atoms in total. The van der Waals surface area contributed by atoms with Crippen molar-refractivity contribution in [2.24, 2.45) is 5.41 Å². The number of methoxy groups -OCH3 is 2. The fraction of sp³-hybridized carbons (Fsp3) is 0.375. The van der Waals surface area contributed by atoms with E-state index in [4.69, 9.17) is 18.9 Å². The molecule has 2 heterocycles. The van der Waals surface area contributed by atoms with Gasteiger partial charge in [0.2, 0.25) is 6.79 Å².